The van der Waals surface area contributed by atoms with Crippen molar-refractivity contribution in [1.29, 1.82) is 0 Å². The molecule has 0 bridgehead atoms. The summed E-state index contributed by atoms with van der Waals surface area (Å²) in [6.07, 6.45) is 2.41. The van der Waals surface area contributed by atoms with Gasteiger partial charge in [0.25, 0.3) is 0 Å². The maximum Gasteiger partial charge on any atom is 0.161 e. The zero-order chi connectivity index (χ0) is 14.9. The third-order valence-corrected chi connectivity index (χ3v) is 3.49. The summed E-state index contributed by atoms with van der Waals surface area (Å²) in [5.74, 6) is 1.53. The molecule has 2 rings (SSSR count). The van der Waals surface area contributed by atoms with E-state index in [4.69, 9.17) is 18.9 Å². The average molecular weight is 295 g/mol. The van der Waals surface area contributed by atoms with Gasteiger partial charge in [0.2, 0.25) is 0 Å². The number of methoxy groups -OCH3 is 2. The summed E-state index contributed by atoms with van der Waals surface area (Å²) in [6, 6.07) is 6.01. The molecule has 1 heterocycles. The maximum absolute atomic E-state index is 5.82. The second kappa shape index (κ2) is 8.87. The predicted octanol–water partition coefficient (Wildman–Crippen LogP) is 1.99. The van der Waals surface area contributed by atoms with Crippen LogP contribution in [0.2, 0.25) is 0 Å². The number of hydrogen-bond acceptors (Lipinski definition) is 5. The van der Waals surface area contributed by atoms with Crippen molar-refractivity contribution < 1.29 is 18.9 Å². The first-order chi connectivity index (χ1) is 10.3. The van der Waals surface area contributed by atoms with E-state index in [0.29, 0.717) is 13.2 Å². The molecule has 1 aromatic carbocycles. The number of ether oxygens (including phenoxy) is 4. The first-order valence-corrected chi connectivity index (χ1v) is 7.44. The smallest absolute Gasteiger partial charge is 0.161 e. The predicted molar refractivity (Wildman–Crippen MR) is 81.0 cm³/mol. The van der Waals surface area contributed by atoms with Crippen molar-refractivity contribution in [3.05, 3.63) is 23.8 Å². The fourth-order valence-electron chi connectivity index (χ4n) is 2.31. The van der Waals surface area contributed by atoms with E-state index in [1.807, 2.05) is 18.2 Å². The van der Waals surface area contributed by atoms with Crippen LogP contribution >= 0.6 is 0 Å². The van der Waals surface area contributed by atoms with Crippen molar-refractivity contribution in [2.24, 2.45) is 0 Å². The Bertz CT molecular complexity index is 419. The second-order valence-corrected chi connectivity index (χ2v) is 5.10. The van der Waals surface area contributed by atoms with Gasteiger partial charge in [-0.2, -0.15) is 0 Å². The molecule has 21 heavy (non-hydrogen) atoms. The number of rotatable bonds is 9. The number of benzene rings is 1. The highest BCUT2D eigenvalue weighted by Crippen LogP contribution is 2.28. The lowest BCUT2D eigenvalue weighted by Gasteiger charge is -2.15. The third-order valence-electron chi connectivity index (χ3n) is 3.49. The molecule has 1 aliphatic rings. The van der Waals surface area contributed by atoms with Gasteiger partial charge in [-0.1, -0.05) is 6.07 Å². The lowest BCUT2D eigenvalue weighted by molar-refractivity contribution is 0.0669. The van der Waals surface area contributed by atoms with Gasteiger partial charge in [-0.3, -0.25) is 0 Å². The number of nitrogens with one attached hydrogen (secondary N) is 1. The van der Waals surface area contributed by atoms with E-state index >= 15 is 0 Å². The summed E-state index contributed by atoms with van der Waals surface area (Å²) < 4.78 is 21.8. The molecule has 5 heteroatoms. The van der Waals surface area contributed by atoms with E-state index in [2.05, 4.69) is 5.32 Å². The molecule has 5 nitrogen and oxygen atoms in total. The van der Waals surface area contributed by atoms with Gasteiger partial charge in [-0.15, -0.1) is 0 Å². The van der Waals surface area contributed by atoms with Gasteiger partial charge >= 0.3 is 0 Å². The Morgan fingerprint density at radius 1 is 1.29 bits per heavy atom. The van der Waals surface area contributed by atoms with E-state index in [0.717, 1.165) is 49.6 Å². The fourth-order valence-corrected chi connectivity index (χ4v) is 2.31. The molecule has 1 atom stereocenters. The summed E-state index contributed by atoms with van der Waals surface area (Å²) in [5.41, 5.74) is 1.16. The molecule has 0 radical (unpaired) electrons. The van der Waals surface area contributed by atoms with Crippen LogP contribution in [0.15, 0.2) is 18.2 Å². The molecule has 1 fully saturated rings. The molecule has 1 aliphatic heterocycles. The zero-order valence-corrected chi connectivity index (χ0v) is 12.9. The van der Waals surface area contributed by atoms with Crippen LogP contribution in [0.5, 0.6) is 11.5 Å². The van der Waals surface area contributed by atoms with Gasteiger partial charge in [0.05, 0.1) is 19.8 Å². The minimum absolute atomic E-state index is 0.213. The Morgan fingerprint density at radius 3 is 2.90 bits per heavy atom. The van der Waals surface area contributed by atoms with Gasteiger partial charge in [0.15, 0.2) is 11.5 Å². The van der Waals surface area contributed by atoms with Gasteiger partial charge in [0.1, 0.15) is 6.61 Å². The molecule has 0 aliphatic carbocycles. The quantitative estimate of drug-likeness (QED) is 0.706. The van der Waals surface area contributed by atoms with Crippen LogP contribution in [0.3, 0.4) is 0 Å². The van der Waals surface area contributed by atoms with Crippen LogP contribution in [-0.4, -0.2) is 46.7 Å². The van der Waals surface area contributed by atoms with Crippen LogP contribution in [0.1, 0.15) is 18.4 Å². The fraction of sp³-hybridized carbons (Fsp3) is 0.625. The van der Waals surface area contributed by atoms with Gasteiger partial charge in [0, 0.05) is 26.8 Å². The van der Waals surface area contributed by atoms with Crippen molar-refractivity contribution >= 4 is 0 Å². The zero-order valence-electron chi connectivity index (χ0n) is 12.9. The van der Waals surface area contributed by atoms with Gasteiger partial charge < -0.3 is 24.3 Å². The van der Waals surface area contributed by atoms with E-state index in [-0.39, 0.29) is 6.10 Å². The second-order valence-electron chi connectivity index (χ2n) is 5.10. The van der Waals surface area contributed by atoms with Crippen molar-refractivity contribution in [2.75, 3.05) is 40.6 Å². The van der Waals surface area contributed by atoms with Crippen molar-refractivity contribution in [3.63, 3.8) is 0 Å². The van der Waals surface area contributed by atoms with Crippen LogP contribution in [0.25, 0.3) is 0 Å². The van der Waals surface area contributed by atoms with E-state index < -0.39 is 0 Å². The summed E-state index contributed by atoms with van der Waals surface area (Å²) >= 11 is 0. The Labute approximate surface area is 126 Å². The van der Waals surface area contributed by atoms with Crippen molar-refractivity contribution in [3.8, 4) is 11.5 Å². The molecule has 0 aromatic heterocycles. The molecule has 1 aromatic rings. The normalized spacial score (nSPS) is 17.9. The van der Waals surface area contributed by atoms with E-state index in [9.17, 15) is 0 Å². The highest BCUT2D eigenvalue weighted by Gasteiger charge is 2.17. The molecule has 0 amide bonds. The highest BCUT2D eigenvalue weighted by atomic mass is 16.5. The van der Waals surface area contributed by atoms with Crippen LogP contribution in [-0.2, 0) is 16.0 Å². The lowest BCUT2D eigenvalue weighted by Crippen LogP contribution is -2.19. The molecule has 1 saturated heterocycles. The Morgan fingerprint density at radius 2 is 2.19 bits per heavy atom. The molecule has 1 N–H and O–H groups in total. The monoisotopic (exact) mass is 295 g/mol. The first kappa shape index (κ1) is 16.1. The van der Waals surface area contributed by atoms with Crippen molar-refractivity contribution in [1.82, 2.24) is 5.32 Å². The van der Waals surface area contributed by atoms with Crippen molar-refractivity contribution in [2.45, 2.75) is 25.5 Å². The highest BCUT2D eigenvalue weighted by molar-refractivity contribution is 5.43. The van der Waals surface area contributed by atoms with Crippen LogP contribution in [0, 0.1) is 0 Å². The standard InChI is InChI=1S/C16H25NO4/c1-18-9-7-17-11-13-5-6-15(16(10-13)19-2)21-12-14-4-3-8-20-14/h5-6,10,14,17H,3-4,7-9,11-12H2,1-2H3. The minimum Gasteiger partial charge on any atom is -0.493 e. The summed E-state index contributed by atoms with van der Waals surface area (Å²) in [5, 5.41) is 3.31. The SMILES string of the molecule is COCCNCc1ccc(OCC2CCCO2)c(OC)c1. The Kier molecular flexibility index (Phi) is 6.79. The molecule has 0 spiro atoms. The topological polar surface area (TPSA) is 49.0 Å². The lowest BCUT2D eigenvalue weighted by atomic mass is 10.2. The van der Waals surface area contributed by atoms with E-state index in [1.54, 1.807) is 14.2 Å². The largest absolute Gasteiger partial charge is 0.493 e. The maximum atomic E-state index is 5.82. The molecular formula is C16H25NO4. The number of hydrogen-bond donors (Lipinski definition) is 1. The van der Waals surface area contributed by atoms with E-state index in [1.165, 1.54) is 0 Å². The Hall–Kier alpha value is -1.30. The first-order valence-electron chi connectivity index (χ1n) is 7.44. The third kappa shape index (κ3) is 5.19. The molecule has 1 unspecified atom stereocenters. The van der Waals surface area contributed by atoms with Gasteiger partial charge in [-0.25, -0.2) is 0 Å². The molecule has 0 saturated carbocycles. The average Bonchev–Trinajstić information content (AvgIpc) is 3.03. The molecular weight excluding hydrogens is 270 g/mol. The minimum atomic E-state index is 0.213. The molecule has 118 valence electrons. The van der Waals surface area contributed by atoms with Crippen LogP contribution in [0.4, 0.5) is 0 Å². The Balaban J connectivity index is 1.86. The summed E-state index contributed by atoms with van der Waals surface area (Å²) in [4.78, 5) is 0. The van der Waals surface area contributed by atoms with Gasteiger partial charge in [-0.05, 0) is 30.5 Å². The summed E-state index contributed by atoms with van der Waals surface area (Å²) in [6.45, 7) is 3.75. The van der Waals surface area contributed by atoms with Crippen LogP contribution < -0.4 is 14.8 Å². The summed E-state index contributed by atoms with van der Waals surface area (Å²) in [7, 11) is 3.36.